The third-order valence-electron chi connectivity index (χ3n) is 3.58. The van der Waals surface area contributed by atoms with Crippen molar-refractivity contribution in [3.63, 3.8) is 0 Å². The van der Waals surface area contributed by atoms with Gasteiger partial charge in [-0.15, -0.1) is 0 Å². The van der Waals surface area contributed by atoms with Crippen LogP contribution in [0.25, 0.3) is 0 Å². The Labute approximate surface area is 147 Å². The quantitative estimate of drug-likeness (QED) is 0.795. The smallest absolute Gasteiger partial charge is 0.337 e. The summed E-state index contributed by atoms with van der Waals surface area (Å²) < 4.78 is 4.68. The van der Waals surface area contributed by atoms with E-state index >= 15 is 0 Å². The van der Waals surface area contributed by atoms with Crippen LogP contribution in [0.5, 0.6) is 0 Å². The lowest BCUT2D eigenvalue weighted by atomic mass is 10.0. The van der Waals surface area contributed by atoms with Gasteiger partial charge in [-0.3, -0.25) is 4.79 Å². The fourth-order valence-electron chi connectivity index (χ4n) is 2.34. The summed E-state index contributed by atoms with van der Waals surface area (Å²) in [5, 5.41) is 3.12. The molecule has 0 saturated heterocycles. The van der Waals surface area contributed by atoms with Crippen molar-refractivity contribution in [1.82, 2.24) is 5.32 Å². The molecule has 0 heterocycles. The predicted octanol–water partition coefficient (Wildman–Crippen LogP) is 4.68. The summed E-state index contributed by atoms with van der Waals surface area (Å²) in [6.07, 6.45) is 2.45. The van der Waals surface area contributed by atoms with E-state index in [0.717, 1.165) is 18.4 Å². The molecule has 0 bridgehead atoms. The molecule has 4 nitrogen and oxygen atoms in total. The normalized spacial score (nSPS) is 13.7. The third kappa shape index (κ3) is 6.34. The highest BCUT2D eigenvalue weighted by atomic mass is 16.5. The van der Waals surface area contributed by atoms with Crippen LogP contribution in [0, 0.1) is 5.92 Å². The Kier molecular flexibility index (Phi) is 10.0. The first-order valence-electron chi connectivity index (χ1n) is 8.97. The van der Waals surface area contributed by atoms with Gasteiger partial charge in [-0.1, -0.05) is 53.7 Å². The second kappa shape index (κ2) is 10.8. The van der Waals surface area contributed by atoms with Gasteiger partial charge >= 0.3 is 5.97 Å². The molecule has 1 amide bonds. The average molecular weight is 335 g/mol. The van der Waals surface area contributed by atoms with Crippen LogP contribution in [0.3, 0.4) is 0 Å². The maximum Gasteiger partial charge on any atom is 0.337 e. The van der Waals surface area contributed by atoms with Crippen LogP contribution >= 0.6 is 0 Å². The minimum Gasteiger partial charge on any atom is -0.465 e. The second-order valence-corrected chi connectivity index (χ2v) is 5.80. The van der Waals surface area contributed by atoms with Gasteiger partial charge in [0.1, 0.15) is 0 Å². The first kappa shape index (κ1) is 22.2. The van der Waals surface area contributed by atoms with E-state index in [-0.39, 0.29) is 17.4 Å². The van der Waals surface area contributed by atoms with E-state index in [1.165, 1.54) is 7.11 Å². The molecule has 1 aliphatic carbocycles. The summed E-state index contributed by atoms with van der Waals surface area (Å²) in [5.41, 5.74) is 1.36. The van der Waals surface area contributed by atoms with Crippen LogP contribution in [0.2, 0.25) is 0 Å². The zero-order chi connectivity index (χ0) is 18.8. The van der Waals surface area contributed by atoms with Crippen molar-refractivity contribution in [2.45, 2.75) is 66.3 Å². The van der Waals surface area contributed by atoms with Crippen LogP contribution in [0.4, 0.5) is 0 Å². The first-order chi connectivity index (χ1) is 11.5. The Bertz CT molecular complexity index is 502. The highest BCUT2D eigenvalue weighted by Crippen LogP contribution is 2.45. The van der Waals surface area contributed by atoms with Crippen molar-refractivity contribution in [2.24, 2.45) is 5.92 Å². The summed E-state index contributed by atoms with van der Waals surface area (Å²) >= 11 is 0. The predicted molar refractivity (Wildman–Crippen MR) is 99.0 cm³/mol. The molecule has 1 aromatic carbocycles. The van der Waals surface area contributed by atoms with E-state index in [2.05, 4.69) is 10.1 Å². The standard InChI is InChI=1S/C16H21NO3.2C2H6/c1-11(2)10-14(18)17-16(8-9-16)13-6-4-12(5-7-13)15(19)20-3;2*1-2/h4-7,11H,8-10H2,1-3H3,(H,17,18);2*1-2H3. The largest absolute Gasteiger partial charge is 0.465 e. The Balaban J connectivity index is 0.00000123. The lowest BCUT2D eigenvalue weighted by Gasteiger charge is -2.19. The molecule has 4 heteroatoms. The van der Waals surface area contributed by atoms with Gasteiger partial charge in [0, 0.05) is 6.42 Å². The summed E-state index contributed by atoms with van der Waals surface area (Å²) in [7, 11) is 1.37. The number of benzene rings is 1. The van der Waals surface area contributed by atoms with E-state index in [0.29, 0.717) is 17.9 Å². The number of methoxy groups -OCH3 is 1. The van der Waals surface area contributed by atoms with Gasteiger partial charge in [0.15, 0.2) is 0 Å². The number of carbonyl (C=O) groups is 2. The molecule has 2 rings (SSSR count). The lowest BCUT2D eigenvalue weighted by molar-refractivity contribution is -0.122. The van der Waals surface area contributed by atoms with Crippen molar-refractivity contribution >= 4 is 11.9 Å². The summed E-state index contributed by atoms with van der Waals surface area (Å²) in [6.45, 7) is 12.1. The number of amides is 1. The molecule has 1 aromatic rings. The molecule has 0 atom stereocenters. The molecule has 0 spiro atoms. The van der Waals surface area contributed by atoms with Crippen molar-refractivity contribution in [2.75, 3.05) is 7.11 Å². The average Bonchev–Trinajstić information content (AvgIpc) is 3.37. The third-order valence-corrected chi connectivity index (χ3v) is 3.58. The zero-order valence-corrected chi connectivity index (χ0v) is 16.2. The molecule has 1 saturated carbocycles. The number of hydrogen-bond acceptors (Lipinski definition) is 3. The fourth-order valence-corrected chi connectivity index (χ4v) is 2.34. The highest BCUT2D eigenvalue weighted by Gasteiger charge is 2.45. The maximum atomic E-state index is 11.9. The summed E-state index contributed by atoms with van der Waals surface area (Å²) in [6, 6.07) is 7.29. The molecule has 0 unspecified atom stereocenters. The molecule has 0 aromatic heterocycles. The van der Waals surface area contributed by atoms with Crippen molar-refractivity contribution in [3.05, 3.63) is 35.4 Å². The topological polar surface area (TPSA) is 55.4 Å². The molecular weight excluding hydrogens is 302 g/mol. The number of nitrogens with one attached hydrogen (secondary N) is 1. The molecule has 1 N–H and O–H groups in total. The lowest BCUT2D eigenvalue weighted by Crippen LogP contribution is -2.35. The van der Waals surface area contributed by atoms with Gasteiger partial charge in [0.2, 0.25) is 5.91 Å². The van der Waals surface area contributed by atoms with Crippen LogP contribution < -0.4 is 5.32 Å². The first-order valence-corrected chi connectivity index (χ1v) is 8.97. The molecular formula is C20H33NO3. The molecule has 0 aliphatic heterocycles. The molecule has 24 heavy (non-hydrogen) atoms. The number of carbonyl (C=O) groups excluding carboxylic acids is 2. The monoisotopic (exact) mass is 335 g/mol. The van der Waals surface area contributed by atoms with E-state index in [4.69, 9.17) is 0 Å². The van der Waals surface area contributed by atoms with Gasteiger partial charge in [0.25, 0.3) is 0 Å². The van der Waals surface area contributed by atoms with Gasteiger partial charge in [-0.2, -0.15) is 0 Å². The van der Waals surface area contributed by atoms with Gasteiger partial charge < -0.3 is 10.1 Å². The minimum atomic E-state index is -0.342. The van der Waals surface area contributed by atoms with E-state index in [1.807, 2.05) is 53.7 Å². The molecule has 136 valence electrons. The van der Waals surface area contributed by atoms with E-state index in [1.54, 1.807) is 12.1 Å². The highest BCUT2D eigenvalue weighted by molar-refractivity contribution is 5.89. The zero-order valence-electron chi connectivity index (χ0n) is 16.2. The van der Waals surface area contributed by atoms with Crippen LogP contribution in [-0.4, -0.2) is 19.0 Å². The second-order valence-electron chi connectivity index (χ2n) is 5.80. The molecule has 0 radical (unpaired) electrons. The van der Waals surface area contributed by atoms with E-state index in [9.17, 15) is 9.59 Å². The van der Waals surface area contributed by atoms with Gasteiger partial charge in [-0.25, -0.2) is 4.79 Å². The molecule has 1 aliphatic rings. The number of rotatable bonds is 5. The number of esters is 1. The number of hydrogen-bond donors (Lipinski definition) is 1. The molecule has 1 fully saturated rings. The Morgan fingerprint density at radius 1 is 1.08 bits per heavy atom. The van der Waals surface area contributed by atoms with Crippen LogP contribution in [-0.2, 0) is 15.1 Å². The van der Waals surface area contributed by atoms with Crippen LogP contribution in [0.1, 0.15) is 76.7 Å². The summed E-state index contributed by atoms with van der Waals surface area (Å²) in [5.74, 6) is 0.104. The van der Waals surface area contributed by atoms with Crippen molar-refractivity contribution in [1.29, 1.82) is 0 Å². The van der Waals surface area contributed by atoms with Gasteiger partial charge in [0.05, 0.1) is 18.2 Å². The Morgan fingerprint density at radius 3 is 1.96 bits per heavy atom. The fraction of sp³-hybridized carbons (Fsp3) is 0.600. The van der Waals surface area contributed by atoms with E-state index < -0.39 is 0 Å². The maximum absolute atomic E-state index is 11.9. The van der Waals surface area contributed by atoms with Gasteiger partial charge in [-0.05, 0) is 36.5 Å². The van der Waals surface area contributed by atoms with Crippen molar-refractivity contribution < 1.29 is 14.3 Å². The number of ether oxygens (including phenoxy) is 1. The summed E-state index contributed by atoms with van der Waals surface area (Å²) in [4.78, 5) is 23.3. The Morgan fingerprint density at radius 2 is 1.58 bits per heavy atom. The van der Waals surface area contributed by atoms with Crippen LogP contribution in [0.15, 0.2) is 24.3 Å². The SMILES string of the molecule is CC.CC.COC(=O)c1ccc(C2(NC(=O)CC(C)C)CC2)cc1. The Hall–Kier alpha value is -1.84. The van der Waals surface area contributed by atoms with Crippen molar-refractivity contribution in [3.8, 4) is 0 Å². The minimum absolute atomic E-state index is 0.0922.